The van der Waals surface area contributed by atoms with Crippen molar-refractivity contribution in [3.05, 3.63) is 64.2 Å². The van der Waals surface area contributed by atoms with Gasteiger partial charge in [-0.25, -0.2) is 0 Å². The molecule has 122 valence electrons. The van der Waals surface area contributed by atoms with Gasteiger partial charge in [0.2, 0.25) is 0 Å². The minimum Gasteiger partial charge on any atom is -0.321 e. The number of benzene rings is 2. The normalized spacial score (nSPS) is 11.6. The highest BCUT2D eigenvalue weighted by molar-refractivity contribution is 6.34. The first-order valence-corrected chi connectivity index (χ1v) is 7.34. The number of anilines is 1. The fraction of sp³-hybridized carbons (Fsp3) is 0.235. The Morgan fingerprint density at radius 3 is 2.22 bits per heavy atom. The van der Waals surface area contributed by atoms with Gasteiger partial charge < -0.3 is 5.32 Å². The Kier molecular flexibility index (Phi) is 5.00. The average molecular weight is 342 g/mol. The van der Waals surface area contributed by atoms with Crippen molar-refractivity contribution >= 4 is 23.2 Å². The molecule has 2 aromatic rings. The van der Waals surface area contributed by atoms with E-state index in [1.54, 1.807) is 12.1 Å². The highest BCUT2D eigenvalue weighted by Gasteiger charge is 2.31. The number of hydrogen-bond acceptors (Lipinski definition) is 1. The average Bonchev–Trinajstić information content (AvgIpc) is 2.48. The van der Waals surface area contributed by atoms with Gasteiger partial charge in [-0.1, -0.05) is 37.6 Å². The van der Waals surface area contributed by atoms with Gasteiger partial charge in [-0.3, -0.25) is 4.79 Å². The number of hydrogen-bond donors (Lipinski definition) is 1. The zero-order valence-electron chi connectivity index (χ0n) is 12.5. The highest BCUT2D eigenvalue weighted by Crippen LogP contribution is 2.34. The third-order valence-corrected chi connectivity index (χ3v) is 3.71. The number of halogens is 4. The minimum atomic E-state index is -4.50. The molecule has 2 aromatic carbocycles. The first kappa shape index (κ1) is 17.3. The summed E-state index contributed by atoms with van der Waals surface area (Å²) in [5, 5.41) is 2.46. The smallest absolute Gasteiger partial charge is 0.321 e. The maximum absolute atomic E-state index is 12.7. The highest BCUT2D eigenvalue weighted by atomic mass is 35.5. The molecule has 1 amide bonds. The molecule has 0 saturated carbocycles. The van der Waals surface area contributed by atoms with Crippen molar-refractivity contribution in [2.24, 2.45) is 0 Å². The summed E-state index contributed by atoms with van der Waals surface area (Å²) in [6.45, 7) is 4.05. The molecule has 2 rings (SSSR count). The van der Waals surface area contributed by atoms with Crippen molar-refractivity contribution in [3.63, 3.8) is 0 Å². The van der Waals surface area contributed by atoms with Gasteiger partial charge >= 0.3 is 6.18 Å². The summed E-state index contributed by atoms with van der Waals surface area (Å²) in [5.41, 5.74) is 0.480. The second-order valence-electron chi connectivity index (χ2n) is 5.42. The van der Waals surface area contributed by atoms with Crippen molar-refractivity contribution in [2.75, 3.05) is 5.32 Å². The summed E-state index contributed by atoms with van der Waals surface area (Å²) in [6.07, 6.45) is -4.50. The van der Waals surface area contributed by atoms with Crippen LogP contribution in [-0.2, 0) is 6.18 Å². The van der Waals surface area contributed by atoms with E-state index in [-0.39, 0.29) is 10.7 Å². The molecule has 0 aromatic heterocycles. The lowest BCUT2D eigenvalue weighted by atomic mass is 10.0. The lowest BCUT2D eigenvalue weighted by molar-refractivity contribution is -0.137. The molecule has 0 heterocycles. The quantitative estimate of drug-likeness (QED) is 0.758. The Labute approximate surface area is 137 Å². The summed E-state index contributed by atoms with van der Waals surface area (Å²) >= 11 is 5.86. The van der Waals surface area contributed by atoms with E-state index in [0.717, 1.165) is 23.8 Å². The minimum absolute atomic E-state index is 0.0464. The van der Waals surface area contributed by atoms with Crippen molar-refractivity contribution < 1.29 is 18.0 Å². The molecule has 2 nitrogen and oxygen atoms in total. The van der Waals surface area contributed by atoms with Gasteiger partial charge in [-0.15, -0.1) is 0 Å². The van der Waals surface area contributed by atoms with E-state index in [4.69, 9.17) is 11.6 Å². The van der Waals surface area contributed by atoms with E-state index in [1.165, 1.54) is 0 Å². The molecule has 0 aliphatic carbocycles. The lowest BCUT2D eigenvalue weighted by Crippen LogP contribution is -2.13. The van der Waals surface area contributed by atoms with E-state index in [0.29, 0.717) is 11.5 Å². The van der Waals surface area contributed by atoms with Crippen LogP contribution in [0, 0.1) is 0 Å². The first-order valence-electron chi connectivity index (χ1n) is 6.96. The Balaban J connectivity index is 2.23. The topological polar surface area (TPSA) is 29.1 Å². The number of amides is 1. The maximum atomic E-state index is 12.7. The summed E-state index contributed by atoms with van der Waals surface area (Å²) in [6, 6.07) is 9.69. The molecule has 0 saturated heterocycles. The van der Waals surface area contributed by atoms with Gasteiger partial charge in [0.15, 0.2) is 0 Å². The van der Waals surface area contributed by atoms with Crippen molar-refractivity contribution in [3.8, 4) is 0 Å². The van der Waals surface area contributed by atoms with Crippen molar-refractivity contribution in [2.45, 2.75) is 25.9 Å². The number of alkyl halides is 3. The number of nitrogens with one attached hydrogen (secondary N) is 1. The fourth-order valence-electron chi connectivity index (χ4n) is 2.01. The molecule has 0 atom stereocenters. The lowest BCUT2D eigenvalue weighted by Gasteiger charge is -2.12. The third kappa shape index (κ3) is 4.26. The molecule has 0 aliphatic rings. The number of carbonyl (C=O) groups is 1. The third-order valence-electron chi connectivity index (χ3n) is 3.38. The summed E-state index contributed by atoms with van der Waals surface area (Å²) in [5.74, 6) is -0.188. The zero-order chi connectivity index (χ0) is 17.2. The van der Waals surface area contributed by atoms with E-state index in [1.807, 2.05) is 26.0 Å². The largest absolute Gasteiger partial charge is 0.416 e. The van der Waals surface area contributed by atoms with Crippen LogP contribution < -0.4 is 5.32 Å². The molecule has 6 heteroatoms. The second kappa shape index (κ2) is 6.62. The van der Waals surface area contributed by atoms with Crippen LogP contribution in [0.1, 0.15) is 41.3 Å². The van der Waals surface area contributed by atoms with Crippen LogP contribution in [0.15, 0.2) is 42.5 Å². The standard InChI is InChI=1S/C17H15ClF3NO/c1-10(2)11-3-5-12(6-4-11)16(23)22-15-9-13(17(19,20)21)7-8-14(15)18/h3-10H,1-2H3,(H,22,23). The maximum Gasteiger partial charge on any atom is 0.416 e. The molecule has 0 bridgehead atoms. The molecular weight excluding hydrogens is 327 g/mol. The molecule has 0 radical (unpaired) electrons. The van der Waals surface area contributed by atoms with Crippen LogP contribution >= 0.6 is 11.6 Å². The number of carbonyl (C=O) groups excluding carboxylic acids is 1. The van der Waals surface area contributed by atoms with Gasteiger partial charge in [-0.05, 0) is 41.8 Å². The van der Waals surface area contributed by atoms with Crippen LogP contribution in [0.4, 0.5) is 18.9 Å². The van der Waals surface area contributed by atoms with Gasteiger partial charge in [0, 0.05) is 5.56 Å². The fourth-order valence-corrected chi connectivity index (χ4v) is 2.18. The summed E-state index contributed by atoms with van der Waals surface area (Å²) < 4.78 is 38.2. The Hall–Kier alpha value is -2.01. The molecule has 0 unspecified atom stereocenters. The summed E-state index contributed by atoms with van der Waals surface area (Å²) in [4.78, 5) is 12.2. The molecule has 0 spiro atoms. The Bertz CT molecular complexity index is 709. The van der Waals surface area contributed by atoms with E-state index in [9.17, 15) is 18.0 Å². The zero-order valence-corrected chi connectivity index (χ0v) is 13.3. The molecule has 1 N–H and O–H groups in total. The van der Waals surface area contributed by atoms with E-state index < -0.39 is 17.6 Å². The van der Waals surface area contributed by atoms with Gasteiger partial charge in [0.25, 0.3) is 5.91 Å². The Morgan fingerprint density at radius 2 is 1.70 bits per heavy atom. The van der Waals surface area contributed by atoms with E-state index in [2.05, 4.69) is 5.32 Å². The van der Waals surface area contributed by atoms with E-state index >= 15 is 0 Å². The second-order valence-corrected chi connectivity index (χ2v) is 5.83. The predicted octanol–water partition coefficient (Wildman–Crippen LogP) is 5.73. The summed E-state index contributed by atoms with van der Waals surface area (Å²) in [7, 11) is 0. The number of rotatable bonds is 3. The van der Waals surface area contributed by atoms with Crippen LogP contribution in [0.5, 0.6) is 0 Å². The molecular formula is C17H15ClF3NO. The Morgan fingerprint density at radius 1 is 1.09 bits per heavy atom. The van der Waals surface area contributed by atoms with Crippen LogP contribution in [0.3, 0.4) is 0 Å². The van der Waals surface area contributed by atoms with Crippen LogP contribution in [-0.4, -0.2) is 5.91 Å². The molecule has 0 aliphatic heterocycles. The van der Waals surface area contributed by atoms with Gasteiger partial charge in [0.1, 0.15) is 0 Å². The van der Waals surface area contributed by atoms with Gasteiger partial charge in [-0.2, -0.15) is 13.2 Å². The van der Waals surface area contributed by atoms with Crippen LogP contribution in [0.25, 0.3) is 0 Å². The predicted molar refractivity (Wildman–Crippen MR) is 84.9 cm³/mol. The SMILES string of the molecule is CC(C)c1ccc(C(=O)Nc2cc(C(F)(F)F)ccc2Cl)cc1. The molecule has 0 fully saturated rings. The molecule has 23 heavy (non-hydrogen) atoms. The first-order chi connectivity index (χ1) is 10.7. The monoisotopic (exact) mass is 341 g/mol. The van der Waals surface area contributed by atoms with Gasteiger partial charge in [0.05, 0.1) is 16.3 Å². The van der Waals surface area contributed by atoms with Crippen molar-refractivity contribution in [1.82, 2.24) is 0 Å². The van der Waals surface area contributed by atoms with Crippen molar-refractivity contribution in [1.29, 1.82) is 0 Å². The van der Waals surface area contributed by atoms with Crippen LogP contribution in [0.2, 0.25) is 5.02 Å².